The highest BCUT2D eigenvalue weighted by molar-refractivity contribution is 9.10. The first-order valence-corrected chi connectivity index (χ1v) is 10.4. The van der Waals surface area contributed by atoms with Gasteiger partial charge in [0.25, 0.3) is 0 Å². The van der Waals surface area contributed by atoms with Gasteiger partial charge in [0.2, 0.25) is 5.91 Å². The zero-order valence-electron chi connectivity index (χ0n) is 14.9. The van der Waals surface area contributed by atoms with Gasteiger partial charge < -0.3 is 5.73 Å². The molecule has 0 fully saturated rings. The molecule has 7 heteroatoms. The number of pyridine rings is 1. The van der Waals surface area contributed by atoms with E-state index < -0.39 is 16.9 Å². The van der Waals surface area contributed by atoms with Gasteiger partial charge in [0, 0.05) is 33.4 Å². The van der Waals surface area contributed by atoms with Crippen LogP contribution in [0.2, 0.25) is 0 Å². The van der Waals surface area contributed by atoms with Gasteiger partial charge in [-0.3, -0.25) is 4.79 Å². The minimum absolute atomic E-state index is 0.440. The van der Waals surface area contributed by atoms with Gasteiger partial charge >= 0.3 is 0 Å². The van der Waals surface area contributed by atoms with E-state index in [0.717, 1.165) is 26.5 Å². The Hall–Kier alpha value is -2.77. The Balaban J connectivity index is 1.88. The van der Waals surface area contributed by atoms with E-state index in [1.807, 2.05) is 55.6 Å². The number of nitrogens with two attached hydrogens (primary N) is 1. The Morgan fingerprint density at radius 1 is 1.11 bits per heavy atom. The first-order chi connectivity index (χ1) is 13.4. The lowest BCUT2D eigenvalue weighted by atomic mass is 10.0. The van der Waals surface area contributed by atoms with Crippen molar-refractivity contribution in [3.8, 4) is 11.1 Å². The topological polar surface area (TPSA) is 78.0 Å². The molecule has 2 N–H and O–H groups in total. The Bertz CT molecular complexity index is 1220. The molecule has 0 spiro atoms. The fourth-order valence-corrected chi connectivity index (χ4v) is 4.42. The second kappa shape index (κ2) is 7.33. The molecule has 4 rings (SSSR count). The van der Waals surface area contributed by atoms with Crippen molar-refractivity contribution in [1.82, 2.24) is 8.96 Å². The molecule has 0 aliphatic carbocycles. The van der Waals surface area contributed by atoms with Crippen LogP contribution < -0.4 is 5.73 Å². The molecular formula is C21H16BrN3O2S. The summed E-state index contributed by atoms with van der Waals surface area (Å²) in [5.41, 5.74) is 9.26. The quantitative estimate of drug-likeness (QED) is 0.495. The molecular weight excluding hydrogens is 438 g/mol. The Morgan fingerprint density at radius 3 is 2.43 bits per heavy atom. The van der Waals surface area contributed by atoms with Crippen molar-refractivity contribution in [2.45, 2.75) is 11.8 Å². The third-order valence-corrected chi connectivity index (χ3v) is 6.21. The maximum absolute atomic E-state index is 13.2. The summed E-state index contributed by atoms with van der Waals surface area (Å²) in [5, 5.41) is 0.863. The number of carbonyl (C=O) groups excluding carboxylic acids is 1. The number of amides is 1. The normalized spacial score (nSPS) is 12.2. The van der Waals surface area contributed by atoms with Crippen molar-refractivity contribution in [2.75, 3.05) is 0 Å². The first-order valence-electron chi connectivity index (χ1n) is 8.50. The van der Waals surface area contributed by atoms with Crippen LogP contribution in [-0.4, -0.2) is 19.1 Å². The van der Waals surface area contributed by atoms with E-state index >= 15 is 0 Å². The summed E-state index contributed by atoms with van der Waals surface area (Å²) in [5.74, 6) is -0.473. The van der Waals surface area contributed by atoms with Crippen LogP contribution in [0, 0.1) is 6.92 Å². The molecule has 2 aromatic carbocycles. The minimum Gasteiger partial charge on any atom is -0.366 e. The summed E-state index contributed by atoms with van der Waals surface area (Å²) in [6.45, 7) is 1.99. The molecule has 0 aliphatic heterocycles. The molecule has 4 aromatic rings. The van der Waals surface area contributed by atoms with Gasteiger partial charge in [0.15, 0.2) is 16.6 Å². The van der Waals surface area contributed by atoms with Crippen LogP contribution in [0.4, 0.5) is 0 Å². The number of halogens is 1. The molecule has 0 saturated heterocycles. The number of carbonyl (C=O) groups is 1. The first kappa shape index (κ1) is 18.6. The monoisotopic (exact) mass is 453 g/mol. The number of nitrogens with zero attached hydrogens (tertiary/aromatic N) is 2. The van der Waals surface area contributed by atoms with E-state index in [2.05, 4.69) is 20.9 Å². The zero-order chi connectivity index (χ0) is 19.8. The second-order valence-electron chi connectivity index (χ2n) is 6.40. The Morgan fingerprint density at radius 2 is 1.79 bits per heavy atom. The highest BCUT2D eigenvalue weighted by Gasteiger charge is 2.17. The van der Waals surface area contributed by atoms with Gasteiger partial charge in [-0.15, -0.1) is 0 Å². The minimum atomic E-state index is -1.44. The van der Waals surface area contributed by atoms with Crippen molar-refractivity contribution in [3.05, 3.63) is 82.6 Å². The molecule has 2 heterocycles. The maximum atomic E-state index is 13.2. The summed E-state index contributed by atoms with van der Waals surface area (Å²) in [6, 6.07) is 16.6. The van der Waals surface area contributed by atoms with Gasteiger partial charge in [-0.2, -0.15) is 0 Å². The molecule has 0 bridgehead atoms. The van der Waals surface area contributed by atoms with E-state index in [9.17, 15) is 9.00 Å². The Labute approximate surface area is 172 Å². The molecule has 140 valence electrons. The highest BCUT2D eigenvalue weighted by atomic mass is 79.9. The van der Waals surface area contributed by atoms with Crippen LogP contribution in [-0.2, 0) is 11.0 Å². The lowest BCUT2D eigenvalue weighted by Crippen LogP contribution is -2.10. The van der Waals surface area contributed by atoms with Gasteiger partial charge in [-0.1, -0.05) is 29.8 Å². The molecule has 5 nitrogen and oxygen atoms in total. The van der Waals surface area contributed by atoms with E-state index in [1.54, 1.807) is 22.3 Å². The molecule has 0 aliphatic rings. The SMILES string of the molecule is Cc1ccc(S(=O)n2cc(-c3ccc(C(N)=O)cc3)c3cc(Br)cnc32)cc1. The van der Waals surface area contributed by atoms with Gasteiger partial charge in [-0.25, -0.2) is 13.2 Å². The zero-order valence-corrected chi connectivity index (χ0v) is 17.3. The second-order valence-corrected chi connectivity index (χ2v) is 8.68. The van der Waals surface area contributed by atoms with Crippen LogP contribution in [0.15, 0.2) is 76.4 Å². The van der Waals surface area contributed by atoms with Crippen LogP contribution in [0.5, 0.6) is 0 Å². The highest BCUT2D eigenvalue weighted by Crippen LogP contribution is 2.33. The van der Waals surface area contributed by atoms with Crippen LogP contribution >= 0.6 is 15.9 Å². The third kappa shape index (κ3) is 3.39. The number of primary amides is 1. The van der Waals surface area contributed by atoms with E-state index in [1.165, 1.54) is 0 Å². The molecule has 1 unspecified atom stereocenters. The van der Waals surface area contributed by atoms with Gasteiger partial charge in [-0.05, 0) is 58.7 Å². The molecule has 0 saturated carbocycles. The predicted molar refractivity (Wildman–Crippen MR) is 114 cm³/mol. The fourth-order valence-electron chi connectivity index (χ4n) is 2.99. The number of hydrogen-bond acceptors (Lipinski definition) is 3. The Kier molecular flexibility index (Phi) is 4.87. The smallest absolute Gasteiger partial charge is 0.248 e. The number of hydrogen-bond donors (Lipinski definition) is 1. The molecule has 1 atom stereocenters. The summed E-state index contributed by atoms with van der Waals surface area (Å²) in [7, 11) is -1.44. The average molecular weight is 454 g/mol. The summed E-state index contributed by atoms with van der Waals surface area (Å²) in [6.07, 6.45) is 3.52. The lowest BCUT2D eigenvalue weighted by molar-refractivity contribution is 0.100. The van der Waals surface area contributed by atoms with Crippen molar-refractivity contribution in [3.63, 3.8) is 0 Å². The molecule has 28 heavy (non-hydrogen) atoms. The molecule has 1 amide bonds. The standard InChI is InChI=1S/C21H16BrN3O2S/c1-13-2-8-17(9-3-13)28(27)25-12-19(18-10-16(22)11-24-21(18)25)14-4-6-15(7-5-14)20(23)26/h2-12H,1H3,(H2,23,26). The number of aromatic nitrogens is 2. The van der Waals surface area contributed by atoms with E-state index in [0.29, 0.717) is 16.1 Å². The summed E-state index contributed by atoms with van der Waals surface area (Å²) >= 11 is 3.46. The predicted octanol–water partition coefficient (Wildman–Crippen LogP) is 4.44. The van der Waals surface area contributed by atoms with Crippen LogP contribution in [0.25, 0.3) is 22.2 Å². The van der Waals surface area contributed by atoms with Crippen LogP contribution in [0.3, 0.4) is 0 Å². The van der Waals surface area contributed by atoms with Crippen molar-refractivity contribution in [1.29, 1.82) is 0 Å². The van der Waals surface area contributed by atoms with E-state index in [-0.39, 0.29) is 0 Å². The molecule has 0 radical (unpaired) electrons. The third-order valence-electron chi connectivity index (χ3n) is 4.46. The average Bonchev–Trinajstić information content (AvgIpc) is 3.06. The molecule has 2 aromatic heterocycles. The van der Waals surface area contributed by atoms with Crippen LogP contribution in [0.1, 0.15) is 15.9 Å². The summed E-state index contributed by atoms with van der Waals surface area (Å²) in [4.78, 5) is 16.5. The maximum Gasteiger partial charge on any atom is 0.248 e. The van der Waals surface area contributed by atoms with Gasteiger partial charge in [0.05, 0.1) is 4.90 Å². The van der Waals surface area contributed by atoms with Crippen molar-refractivity contribution < 1.29 is 9.00 Å². The fraction of sp³-hybridized carbons (Fsp3) is 0.0476. The van der Waals surface area contributed by atoms with E-state index in [4.69, 9.17) is 5.73 Å². The van der Waals surface area contributed by atoms with Crippen molar-refractivity contribution in [2.24, 2.45) is 5.73 Å². The number of benzene rings is 2. The number of fused-ring (bicyclic) bond motifs is 1. The number of rotatable bonds is 4. The van der Waals surface area contributed by atoms with Crippen molar-refractivity contribution >= 4 is 43.9 Å². The number of aryl methyl sites for hydroxylation is 1. The largest absolute Gasteiger partial charge is 0.366 e. The van der Waals surface area contributed by atoms with Gasteiger partial charge in [0.1, 0.15) is 0 Å². The lowest BCUT2D eigenvalue weighted by Gasteiger charge is -2.05. The summed E-state index contributed by atoms with van der Waals surface area (Å²) < 4.78 is 15.7.